The number of hydrogen-bond acceptors (Lipinski definition) is 4. The van der Waals surface area contributed by atoms with Gasteiger partial charge in [0, 0.05) is 5.02 Å². The summed E-state index contributed by atoms with van der Waals surface area (Å²) in [7, 11) is 0. The minimum absolute atomic E-state index is 0.0141. The van der Waals surface area contributed by atoms with Crippen molar-refractivity contribution in [3.8, 4) is 5.75 Å². The molecule has 0 N–H and O–H groups in total. The molecule has 0 saturated heterocycles. The van der Waals surface area contributed by atoms with Gasteiger partial charge in [0.05, 0.1) is 18.9 Å². The third kappa shape index (κ3) is 7.71. The predicted molar refractivity (Wildman–Crippen MR) is 81.3 cm³/mol. The Labute approximate surface area is 130 Å². The number of benzene rings is 1. The van der Waals surface area contributed by atoms with E-state index in [1.165, 1.54) is 0 Å². The molecule has 0 fully saturated rings. The molecule has 0 amide bonds. The lowest BCUT2D eigenvalue weighted by Crippen LogP contribution is -2.18. The standard InChI is InChI=1S/C16H21ClO4/c1-11(2)9-12(3)20-15(18)7-8-16(19)21-14-6-4-5-13(17)10-14/h4-6,10-12H,7-9H2,1-3H3. The van der Waals surface area contributed by atoms with Crippen molar-refractivity contribution in [3.05, 3.63) is 29.3 Å². The van der Waals surface area contributed by atoms with Gasteiger partial charge >= 0.3 is 11.9 Å². The fourth-order valence-corrected chi connectivity index (χ4v) is 2.09. The van der Waals surface area contributed by atoms with Crippen molar-refractivity contribution in [2.75, 3.05) is 0 Å². The quantitative estimate of drug-likeness (QED) is 0.564. The average Bonchev–Trinajstić information content (AvgIpc) is 2.35. The first-order chi connectivity index (χ1) is 9.86. The van der Waals surface area contributed by atoms with E-state index in [1.54, 1.807) is 24.3 Å². The van der Waals surface area contributed by atoms with Crippen molar-refractivity contribution in [2.24, 2.45) is 5.92 Å². The summed E-state index contributed by atoms with van der Waals surface area (Å²) in [5, 5.41) is 0.488. The van der Waals surface area contributed by atoms with E-state index in [9.17, 15) is 9.59 Å². The molecule has 0 saturated carbocycles. The molecule has 4 nitrogen and oxygen atoms in total. The largest absolute Gasteiger partial charge is 0.463 e. The summed E-state index contributed by atoms with van der Waals surface area (Å²) >= 11 is 5.79. The van der Waals surface area contributed by atoms with Gasteiger partial charge in [-0.25, -0.2) is 0 Å². The molecule has 21 heavy (non-hydrogen) atoms. The molecule has 0 heterocycles. The molecule has 0 spiro atoms. The molecule has 1 unspecified atom stereocenters. The zero-order valence-electron chi connectivity index (χ0n) is 12.6. The van der Waals surface area contributed by atoms with E-state index in [-0.39, 0.29) is 24.9 Å². The lowest BCUT2D eigenvalue weighted by Gasteiger charge is -2.14. The minimum atomic E-state index is -0.481. The maximum Gasteiger partial charge on any atom is 0.311 e. The Hall–Kier alpha value is -1.55. The lowest BCUT2D eigenvalue weighted by molar-refractivity contribution is -0.151. The van der Waals surface area contributed by atoms with E-state index >= 15 is 0 Å². The third-order valence-electron chi connectivity index (χ3n) is 2.70. The van der Waals surface area contributed by atoms with E-state index in [0.29, 0.717) is 16.7 Å². The number of hydrogen-bond donors (Lipinski definition) is 0. The summed E-state index contributed by atoms with van der Waals surface area (Å²) in [5.74, 6) is -0.0356. The fraction of sp³-hybridized carbons (Fsp3) is 0.500. The molecule has 5 heteroatoms. The van der Waals surface area contributed by atoms with Gasteiger partial charge in [-0.15, -0.1) is 0 Å². The summed E-state index contributed by atoms with van der Waals surface area (Å²) in [6, 6.07) is 6.55. The summed E-state index contributed by atoms with van der Waals surface area (Å²) in [5.41, 5.74) is 0. The van der Waals surface area contributed by atoms with Gasteiger partial charge in [-0.1, -0.05) is 31.5 Å². The molecular weight excluding hydrogens is 292 g/mol. The van der Waals surface area contributed by atoms with Gasteiger partial charge < -0.3 is 9.47 Å². The Kier molecular flexibility index (Phi) is 7.23. The molecule has 1 rings (SSSR count). The van der Waals surface area contributed by atoms with Crippen LogP contribution in [0.3, 0.4) is 0 Å². The summed E-state index contributed by atoms with van der Waals surface area (Å²) in [6.45, 7) is 5.97. The molecule has 1 aromatic carbocycles. The van der Waals surface area contributed by atoms with Crippen LogP contribution in [0.15, 0.2) is 24.3 Å². The van der Waals surface area contributed by atoms with Crippen LogP contribution < -0.4 is 4.74 Å². The average molecular weight is 313 g/mol. The normalized spacial score (nSPS) is 12.0. The fourth-order valence-electron chi connectivity index (χ4n) is 1.91. The van der Waals surface area contributed by atoms with E-state index in [2.05, 4.69) is 13.8 Å². The lowest BCUT2D eigenvalue weighted by atomic mass is 10.1. The van der Waals surface area contributed by atoms with Crippen molar-refractivity contribution in [2.45, 2.75) is 46.1 Å². The smallest absolute Gasteiger partial charge is 0.311 e. The summed E-state index contributed by atoms with van der Waals surface area (Å²) in [4.78, 5) is 23.2. The van der Waals surface area contributed by atoms with Gasteiger partial charge in [-0.2, -0.15) is 0 Å². The molecule has 0 radical (unpaired) electrons. The Bertz CT molecular complexity index is 485. The molecule has 0 aliphatic rings. The Balaban J connectivity index is 2.31. The maximum atomic E-state index is 11.6. The summed E-state index contributed by atoms with van der Waals surface area (Å²) < 4.78 is 10.3. The highest BCUT2D eigenvalue weighted by molar-refractivity contribution is 6.30. The van der Waals surface area contributed by atoms with Gasteiger partial charge in [0.1, 0.15) is 5.75 Å². The monoisotopic (exact) mass is 312 g/mol. The molecule has 0 aromatic heterocycles. The third-order valence-corrected chi connectivity index (χ3v) is 2.93. The molecule has 0 bridgehead atoms. The van der Waals surface area contributed by atoms with Gasteiger partial charge in [0.2, 0.25) is 0 Å². The van der Waals surface area contributed by atoms with Crippen LogP contribution >= 0.6 is 11.6 Å². The first-order valence-electron chi connectivity index (χ1n) is 7.02. The number of halogens is 1. The maximum absolute atomic E-state index is 11.6. The van der Waals surface area contributed by atoms with Gasteiger partial charge in [-0.3, -0.25) is 9.59 Å². The first-order valence-corrected chi connectivity index (χ1v) is 7.40. The highest BCUT2D eigenvalue weighted by Crippen LogP contribution is 2.18. The molecule has 0 aliphatic heterocycles. The van der Waals surface area contributed by atoms with Crippen molar-refractivity contribution in [3.63, 3.8) is 0 Å². The molecular formula is C16H21ClO4. The molecule has 1 aromatic rings. The van der Waals surface area contributed by atoms with Gasteiger partial charge in [0.15, 0.2) is 0 Å². The van der Waals surface area contributed by atoms with Gasteiger partial charge in [-0.05, 0) is 37.5 Å². The molecule has 0 aliphatic carbocycles. The molecule has 1 atom stereocenters. The predicted octanol–water partition coefficient (Wildman–Crippen LogP) is 4.00. The van der Waals surface area contributed by atoms with Crippen LogP contribution in [0.4, 0.5) is 0 Å². The Morgan fingerprint density at radius 3 is 2.43 bits per heavy atom. The van der Waals surface area contributed by atoms with Crippen LogP contribution in [0.1, 0.15) is 40.0 Å². The van der Waals surface area contributed by atoms with Crippen LogP contribution in [-0.2, 0) is 14.3 Å². The SMILES string of the molecule is CC(C)CC(C)OC(=O)CCC(=O)Oc1cccc(Cl)c1. The van der Waals surface area contributed by atoms with Gasteiger partial charge in [0.25, 0.3) is 0 Å². The Morgan fingerprint density at radius 2 is 1.81 bits per heavy atom. The Morgan fingerprint density at radius 1 is 1.14 bits per heavy atom. The topological polar surface area (TPSA) is 52.6 Å². The number of rotatable bonds is 7. The second kappa shape index (κ2) is 8.67. The zero-order valence-corrected chi connectivity index (χ0v) is 13.4. The van der Waals surface area contributed by atoms with E-state index < -0.39 is 5.97 Å². The van der Waals surface area contributed by atoms with Crippen LogP contribution in [0, 0.1) is 5.92 Å². The zero-order chi connectivity index (χ0) is 15.8. The van der Waals surface area contributed by atoms with Crippen LogP contribution in [0.5, 0.6) is 5.75 Å². The van der Waals surface area contributed by atoms with Crippen LogP contribution in [0.2, 0.25) is 5.02 Å². The number of ether oxygens (including phenoxy) is 2. The first kappa shape index (κ1) is 17.5. The van der Waals surface area contributed by atoms with Crippen molar-refractivity contribution >= 4 is 23.5 Å². The number of esters is 2. The number of carbonyl (C=O) groups is 2. The molecule has 116 valence electrons. The second-order valence-corrected chi connectivity index (χ2v) is 5.80. The highest BCUT2D eigenvalue weighted by atomic mass is 35.5. The highest BCUT2D eigenvalue weighted by Gasteiger charge is 2.14. The van der Waals surface area contributed by atoms with Crippen molar-refractivity contribution in [1.29, 1.82) is 0 Å². The van der Waals surface area contributed by atoms with Crippen molar-refractivity contribution in [1.82, 2.24) is 0 Å². The van der Waals surface area contributed by atoms with E-state index in [0.717, 1.165) is 6.42 Å². The van der Waals surface area contributed by atoms with Crippen LogP contribution in [0.25, 0.3) is 0 Å². The van der Waals surface area contributed by atoms with E-state index in [4.69, 9.17) is 21.1 Å². The van der Waals surface area contributed by atoms with Crippen molar-refractivity contribution < 1.29 is 19.1 Å². The van der Waals surface area contributed by atoms with Crippen LogP contribution in [-0.4, -0.2) is 18.0 Å². The summed E-state index contributed by atoms with van der Waals surface area (Å²) in [6.07, 6.45) is 0.668. The second-order valence-electron chi connectivity index (χ2n) is 5.36. The number of carbonyl (C=O) groups excluding carboxylic acids is 2. The minimum Gasteiger partial charge on any atom is -0.463 e. The van der Waals surface area contributed by atoms with E-state index in [1.807, 2.05) is 6.92 Å².